The van der Waals surface area contributed by atoms with E-state index < -0.39 is 5.91 Å². The zero-order chi connectivity index (χ0) is 15.4. The second-order valence-corrected chi connectivity index (χ2v) is 6.59. The summed E-state index contributed by atoms with van der Waals surface area (Å²) in [5.74, 6) is 4.33. The number of nitrogens with zero attached hydrogens (tertiary/aromatic N) is 1. The lowest BCUT2D eigenvalue weighted by Gasteiger charge is -2.16. The molecule has 0 aliphatic rings. The summed E-state index contributed by atoms with van der Waals surface area (Å²) in [6, 6.07) is 6.26. The second kappa shape index (κ2) is 7.13. The van der Waals surface area contributed by atoms with E-state index in [1.54, 1.807) is 11.3 Å². The van der Waals surface area contributed by atoms with E-state index in [1.165, 1.54) is 23.1 Å². The molecule has 2 rings (SSSR count). The van der Waals surface area contributed by atoms with Gasteiger partial charge in [0.25, 0.3) is 5.91 Å². The molecule has 3 N–H and O–H groups in total. The zero-order valence-corrected chi connectivity index (χ0v) is 13.8. The quantitative estimate of drug-likeness (QED) is 0.482. The summed E-state index contributed by atoms with van der Waals surface area (Å²) in [5, 5.41) is 2.01. The number of hydrogen-bond donors (Lipinski definition) is 2. The third-order valence-electron chi connectivity index (χ3n) is 2.93. The maximum Gasteiger partial charge on any atom is 0.265 e. The lowest BCUT2D eigenvalue weighted by molar-refractivity contribution is 0.0953. The lowest BCUT2D eigenvalue weighted by Crippen LogP contribution is -2.30. The van der Waals surface area contributed by atoms with Crippen molar-refractivity contribution in [3.63, 3.8) is 0 Å². The van der Waals surface area contributed by atoms with E-state index in [0.717, 1.165) is 4.47 Å². The van der Waals surface area contributed by atoms with Gasteiger partial charge in [-0.15, -0.1) is 11.3 Å². The van der Waals surface area contributed by atoms with Gasteiger partial charge in [-0.05, 0) is 47.2 Å². The molecular weight excluding hydrogens is 357 g/mol. The predicted octanol–water partition coefficient (Wildman–Crippen LogP) is 2.89. The highest BCUT2D eigenvalue weighted by Gasteiger charge is 2.11. The number of amides is 1. The number of hydrogen-bond acceptors (Lipinski definition) is 4. The predicted molar refractivity (Wildman–Crippen MR) is 85.2 cm³/mol. The molecule has 0 bridgehead atoms. The molecule has 1 aromatic carbocycles. The molecule has 0 saturated carbocycles. The van der Waals surface area contributed by atoms with Gasteiger partial charge >= 0.3 is 0 Å². The molecule has 2 aromatic rings. The molecule has 1 heterocycles. The van der Waals surface area contributed by atoms with Gasteiger partial charge in [0.2, 0.25) is 0 Å². The van der Waals surface area contributed by atoms with Crippen LogP contribution in [0, 0.1) is 5.82 Å². The number of rotatable bonds is 5. The highest BCUT2D eigenvalue weighted by atomic mass is 79.9. The van der Waals surface area contributed by atoms with Gasteiger partial charge in [-0.2, -0.15) is 0 Å². The van der Waals surface area contributed by atoms with Crippen molar-refractivity contribution in [1.29, 1.82) is 0 Å². The van der Waals surface area contributed by atoms with Crippen LogP contribution >= 0.6 is 27.3 Å². The first-order chi connectivity index (χ1) is 9.99. The van der Waals surface area contributed by atoms with Crippen molar-refractivity contribution in [3.8, 4) is 0 Å². The summed E-state index contributed by atoms with van der Waals surface area (Å²) in [4.78, 5) is 14.6. The van der Waals surface area contributed by atoms with E-state index in [1.807, 2.05) is 28.8 Å². The van der Waals surface area contributed by atoms with Gasteiger partial charge in [-0.3, -0.25) is 15.1 Å². The van der Waals surface area contributed by atoms with Crippen molar-refractivity contribution in [2.75, 3.05) is 7.05 Å². The number of benzene rings is 1. The van der Waals surface area contributed by atoms with Crippen molar-refractivity contribution in [2.24, 2.45) is 5.84 Å². The van der Waals surface area contributed by atoms with Crippen LogP contribution in [0.25, 0.3) is 0 Å². The fraction of sp³-hybridized carbons (Fsp3) is 0.214. The summed E-state index contributed by atoms with van der Waals surface area (Å²) < 4.78 is 14.9. The zero-order valence-electron chi connectivity index (χ0n) is 11.4. The van der Waals surface area contributed by atoms with Crippen LogP contribution < -0.4 is 11.3 Å². The van der Waals surface area contributed by atoms with E-state index in [-0.39, 0.29) is 5.82 Å². The molecule has 0 spiro atoms. The largest absolute Gasteiger partial charge is 0.297 e. The summed E-state index contributed by atoms with van der Waals surface area (Å²) in [6.45, 7) is 1.12. The number of carbonyl (C=O) groups excluding carboxylic acids is 1. The first kappa shape index (κ1) is 16.1. The molecule has 4 nitrogen and oxygen atoms in total. The van der Waals surface area contributed by atoms with Gasteiger partial charge in [0.15, 0.2) is 0 Å². The smallest absolute Gasteiger partial charge is 0.265 e. The number of nitrogens with one attached hydrogen (secondary N) is 1. The summed E-state index contributed by atoms with van der Waals surface area (Å²) in [7, 11) is 1.91. The first-order valence-corrected chi connectivity index (χ1v) is 7.87. The standard InChI is InChI=1S/C14H15BrFN3OS/c1-19(7-12-5-11(15)8-21-12)6-10-4-9(14(20)18-17)2-3-13(10)16/h2-5,8H,6-7,17H2,1H3,(H,18,20). The Morgan fingerprint density at radius 3 is 2.81 bits per heavy atom. The normalized spacial score (nSPS) is 10.9. The number of hydrazine groups is 1. The van der Waals surface area contributed by atoms with Crippen LogP contribution in [0.15, 0.2) is 34.1 Å². The Morgan fingerprint density at radius 1 is 1.43 bits per heavy atom. The minimum Gasteiger partial charge on any atom is -0.297 e. The number of carbonyl (C=O) groups is 1. The Hall–Kier alpha value is -1.28. The first-order valence-electron chi connectivity index (χ1n) is 6.20. The van der Waals surface area contributed by atoms with Crippen LogP contribution in [-0.2, 0) is 13.1 Å². The Labute approximate surface area is 134 Å². The highest BCUT2D eigenvalue weighted by molar-refractivity contribution is 9.10. The number of halogens is 2. The Balaban J connectivity index is 2.09. The average Bonchev–Trinajstić information content (AvgIpc) is 2.85. The molecule has 21 heavy (non-hydrogen) atoms. The summed E-state index contributed by atoms with van der Waals surface area (Å²) in [5.41, 5.74) is 2.86. The topological polar surface area (TPSA) is 58.4 Å². The lowest BCUT2D eigenvalue weighted by atomic mass is 10.1. The second-order valence-electron chi connectivity index (χ2n) is 4.68. The molecule has 0 aliphatic heterocycles. The Bertz CT molecular complexity index is 647. The van der Waals surface area contributed by atoms with Crippen molar-refractivity contribution in [3.05, 3.63) is 55.9 Å². The van der Waals surface area contributed by atoms with Gasteiger partial charge in [0, 0.05) is 38.9 Å². The number of nitrogen functional groups attached to an aromatic ring is 1. The third-order valence-corrected chi connectivity index (χ3v) is 4.61. The van der Waals surface area contributed by atoms with Crippen molar-refractivity contribution in [1.82, 2.24) is 10.3 Å². The maximum atomic E-state index is 13.8. The monoisotopic (exact) mass is 371 g/mol. The average molecular weight is 372 g/mol. The molecule has 1 aromatic heterocycles. The fourth-order valence-electron chi connectivity index (χ4n) is 1.97. The molecule has 112 valence electrons. The molecule has 0 aliphatic carbocycles. The third kappa shape index (κ3) is 4.34. The van der Waals surface area contributed by atoms with E-state index in [2.05, 4.69) is 15.9 Å². The molecule has 0 unspecified atom stereocenters. The van der Waals surface area contributed by atoms with E-state index >= 15 is 0 Å². The van der Waals surface area contributed by atoms with E-state index in [4.69, 9.17) is 5.84 Å². The van der Waals surface area contributed by atoms with Crippen molar-refractivity contribution >= 4 is 33.2 Å². The van der Waals surface area contributed by atoms with Crippen LogP contribution in [-0.4, -0.2) is 17.9 Å². The maximum absolute atomic E-state index is 13.8. The van der Waals surface area contributed by atoms with Gasteiger partial charge in [-0.25, -0.2) is 10.2 Å². The Morgan fingerprint density at radius 2 is 2.19 bits per heavy atom. The summed E-state index contributed by atoms with van der Waals surface area (Å²) in [6.07, 6.45) is 0. The minimum absolute atomic E-state index is 0.331. The van der Waals surface area contributed by atoms with Crippen LogP contribution in [0.3, 0.4) is 0 Å². The number of thiophene rings is 1. The molecule has 0 fully saturated rings. The summed E-state index contributed by atoms with van der Waals surface area (Å²) >= 11 is 5.05. The van der Waals surface area contributed by atoms with Crippen LogP contribution in [0.1, 0.15) is 20.8 Å². The van der Waals surface area contributed by atoms with Crippen molar-refractivity contribution < 1.29 is 9.18 Å². The van der Waals surface area contributed by atoms with Gasteiger partial charge in [0.1, 0.15) is 5.82 Å². The molecule has 0 saturated heterocycles. The number of nitrogens with two attached hydrogens (primary N) is 1. The van der Waals surface area contributed by atoms with Crippen LogP contribution in [0.5, 0.6) is 0 Å². The SMILES string of the molecule is CN(Cc1cc(Br)cs1)Cc1cc(C(=O)NN)ccc1F. The van der Waals surface area contributed by atoms with Crippen molar-refractivity contribution in [2.45, 2.75) is 13.1 Å². The Kier molecular flexibility index (Phi) is 5.46. The molecule has 7 heteroatoms. The molecule has 0 radical (unpaired) electrons. The van der Waals surface area contributed by atoms with Crippen LogP contribution in [0.4, 0.5) is 4.39 Å². The molecular formula is C14H15BrFN3OS. The van der Waals surface area contributed by atoms with E-state index in [9.17, 15) is 9.18 Å². The molecule has 1 amide bonds. The fourth-order valence-corrected chi connectivity index (χ4v) is 3.50. The molecule has 0 atom stereocenters. The highest BCUT2D eigenvalue weighted by Crippen LogP contribution is 2.22. The van der Waals surface area contributed by atoms with E-state index in [0.29, 0.717) is 24.2 Å². The minimum atomic E-state index is -0.430. The van der Waals surface area contributed by atoms with Crippen LogP contribution in [0.2, 0.25) is 0 Å². The van der Waals surface area contributed by atoms with Gasteiger partial charge in [-0.1, -0.05) is 0 Å². The van der Waals surface area contributed by atoms with Gasteiger partial charge < -0.3 is 0 Å². The van der Waals surface area contributed by atoms with Gasteiger partial charge in [0.05, 0.1) is 0 Å².